The van der Waals surface area contributed by atoms with Gasteiger partial charge in [0.25, 0.3) is 5.91 Å². The first-order chi connectivity index (χ1) is 21.9. The summed E-state index contributed by atoms with van der Waals surface area (Å²) < 4.78 is 0. The molecule has 4 atom stereocenters. The van der Waals surface area contributed by atoms with Crippen molar-refractivity contribution >= 4 is 34.7 Å². The second kappa shape index (κ2) is 12.8. The molecule has 2 aromatic carbocycles. The number of aliphatic hydroxyl groups is 1. The van der Waals surface area contributed by atoms with Crippen molar-refractivity contribution in [2.45, 2.75) is 71.8 Å². The number of hydrogen-bond donors (Lipinski definition) is 3. The highest BCUT2D eigenvalue weighted by Gasteiger charge is 2.49. The molecule has 3 N–H and O–H groups in total. The number of aliphatic hydroxyl groups excluding tert-OH is 1. The zero-order chi connectivity index (χ0) is 32.7. The Bertz CT molecular complexity index is 1610. The Kier molecular flexibility index (Phi) is 8.93. The molecule has 0 bridgehead atoms. The minimum atomic E-state index is -0.840. The number of hydrogen-bond acceptors (Lipinski definition) is 8. The van der Waals surface area contributed by atoms with Crippen LogP contribution in [0.4, 0.5) is 5.69 Å². The largest absolute Gasteiger partial charge is 0.391 e. The number of β-amino-alcohol motifs (C(OH)–C–C–N with tert-alkyl or cyclic N) is 1. The number of fused-ring (bicyclic) bond motifs is 1. The van der Waals surface area contributed by atoms with Crippen LogP contribution in [0.2, 0.25) is 0 Å². The first kappa shape index (κ1) is 32.2. The molecule has 0 saturated carbocycles. The van der Waals surface area contributed by atoms with Crippen LogP contribution in [0.5, 0.6) is 0 Å². The molecule has 1 aromatic heterocycles. The summed E-state index contributed by atoms with van der Waals surface area (Å²) in [6.07, 6.45) is -0.682. The van der Waals surface area contributed by atoms with Gasteiger partial charge in [0, 0.05) is 56.9 Å². The molecule has 2 fully saturated rings. The van der Waals surface area contributed by atoms with E-state index in [0.717, 1.165) is 59.1 Å². The predicted molar refractivity (Wildman–Crippen MR) is 180 cm³/mol. The van der Waals surface area contributed by atoms with Gasteiger partial charge in [0.1, 0.15) is 12.1 Å². The van der Waals surface area contributed by atoms with Crippen LogP contribution in [0.3, 0.4) is 0 Å². The standard InChI is InChI=1S/C35H44N6O4S/c1-21(23-6-8-24(9-7-23)30-22(2)37-20-46-30)38-32(43)29-17-27(42)19-40(29)34(45)31(35(3,4)5)41-18-25-10-11-26(16-28(25)33(41)44)39-14-12-36-13-15-39/h6-11,16,20-21,27,29,31,36,42H,12-15,17-19H2,1-5H3,(H,38,43)/t21-,27+,29-,31+/m0/s1. The Hall–Kier alpha value is -3.80. The van der Waals surface area contributed by atoms with Crippen molar-refractivity contribution in [3.8, 4) is 10.4 Å². The summed E-state index contributed by atoms with van der Waals surface area (Å²) in [4.78, 5) is 52.9. The lowest BCUT2D eigenvalue weighted by atomic mass is 9.84. The van der Waals surface area contributed by atoms with Crippen LogP contribution in [0, 0.1) is 12.3 Å². The lowest BCUT2D eigenvalue weighted by Gasteiger charge is -2.40. The first-order valence-corrected chi connectivity index (χ1v) is 17.0. The van der Waals surface area contributed by atoms with Crippen molar-refractivity contribution in [3.63, 3.8) is 0 Å². The predicted octanol–water partition coefficient (Wildman–Crippen LogP) is 3.74. The van der Waals surface area contributed by atoms with Crippen molar-refractivity contribution in [1.29, 1.82) is 0 Å². The molecule has 10 nitrogen and oxygen atoms in total. The van der Waals surface area contributed by atoms with Gasteiger partial charge in [-0.05, 0) is 48.1 Å². The number of carbonyl (C=O) groups excluding carboxylic acids is 3. The van der Waals surface area contributed by atoms with Gasteiger partial charge in [-0.2, -0.15) is 0 Å². The summed E-state index contributed by atoms with van der Waals surface area (Å²) in [6, 6.07) is 12.1. The fraction of sp³-hybridized carbons (Fsp3) is 0.486. The molecular formula is C35H44N6O4S. The van der Waals surface area contributed by atoms with Crippen LogP contribution in [0.1, 0.15) is 67.3 Å². The summed E-state index contributed by atoms with van der Waals surface area (Å²) in [7, 11) is 0. The maximum absolute atomic E-state index is 14.4. The van der Waals surface area contributed by atoms with Crippen LogP contribution >= 0.6 is 11.3 Å². The van der Waals surface area contributed by atoms with E-state index in [4.69, 9.17) is 0 Å². The smallest absolute Gasteiger partial charge is 0.255 e. The summed E-state index contributed by atoms with van der Waals surface area (Å²) in [5.74, 6) is -0.805. The Morgan fingerprint density at radius 3 is 2.48 bits per heavy atom. The number of aryl methyl sites for hydroxylation is 1. The molecule has 3 amide bonds. The highest BCUT2D eigenvalue weighted by Crippen LogP contribution is 2.36. The highest BCUT2D eigenvalue weighted by atomic mass is 32.1. The molecular weight excluding hydrogens is 600 g/mol. The van der Waals surface area contributed by atoms with Crippen LogP contribution < -0.4 is 15.5 Å². The van der Waals surface area contributed by atoms with Crippen molar-refractivity contribution in [2.75, 3.05) is 37.6 Å². The molecule has 46 heavy (non-hydrogen) atoms. The van der Waals surface area contributed by atoms with E-state index in [2.05, 4.69) is 26.6 Å². The van der Waals surface area contributed by atoms with E-state index in [0.29, 0.717) is 12.1 Å². The number of nitrogens with one attached hydrogen (secondary N) is 2. The number of benzene rings is 2. The molecule has 11 heteroatoms. The van der Waals surface area contributed by atoms with Crippen LogP contribution in [0.15, 0.2) is 48.0 Å². The molecule has 4 heterocycles. The zero-order valence-corrected chi connectivity index (χ0v) is 28.1. The molecule has 0 unspecified atom stereocenters. The van der Waals surface area contributed by atoms with E-state index >= 15 is 0 Å². The normalized spacial score (nSPS) is 21.3. The quantitative estimate of drug-likeness (QED) is 0.359. The fourth-order valence-electron chi connectivity index (χ4n) is 6.97. The van der Waals surface area contributed by atoms with E-state index in [1.54, 1.807) is 16.2 Å². The zero-order valence-electron chi connectivity index (χ0n) is 27.2. The highest BCUT2D eigenvalue weighted by molar-refractivity contribution is 7.13. The van der Waals surface area contributed by atoms with Gasteiger partial charge in [-0.15, -0.1) is 11.3 Å². The van der Waals surface area contributed by atoms with E-state index in [1.807, 2.05) is 76.5 Å². The Labute approximate surface area is 274 Å². The number of likely N-dealkylation sites (tertiary alicyclic amines) is 1. The number of carbonyl (C=O) groups is 3. The van der Waals surface area contributed by atoms with Crippen molar-refractivity contribution in [3.05, 3.63) is 70.4 Å². The summed E-state index contributed by atoms with van der Waals surface area (Å²) in [6.45, 7) is 13.6. The van der Waals surface area contributed by atoms with Crippen LogP contribution in [-0.4, -0.2) is 88.5 Å². The molecule has 2 saturated heterocycles. The van der Waals surface area contributed by atoms with Gasteiger partial charge in [0.15, 0.2) is 0 Å². The van der Waals surface area contributed by atoms with Gasteiger partial charge in [-0.25, -0.2) is 4.98 Å². The number of piperazine rings is 1. The lowest BCUT2D eigenvalue weighted by Crippen LogP contribution is -2.58. The van der Waals surface area contributed by atoms with Crippen molar-refractivity contribution < 1.29 is 19.5 Å². The average molecular weight is 645 g/mol. The number of nitrogens with zero attached hydrogens (tertiary/aromatic N) is 4. The van der Waals surface area contributed by atoms with E-state index in [-0.39, 0.29) is 36.7 Å². The van der Waals surface area contributed by atoms with E-state index < -0.39 is 23.6 Å². The summed E-state index contributed by atoms with van der Waals surface area (Å²) >= 11 is 1.59. The first-order valence-electron chi connectivity index (χ1n) is 16.1. The topological polar surface area (TPSA) is 118 Å². The monoisotopic (exact) mass is 644 g/mol. The molecule has 244 valence electrons. The second-order valence-electron chi connectivity index (χ2n) is 13.8. The number of amides is 3. The van der Waals surface area contributed by atoms with E-state index in [9.17, 15) is 19.5 Å². The van der Waals surface area contributed by atoms with Gasteiger partial charge < -0.3 is 30.4 Å². The molecule has 3 aliphatic heterocycles. The van der Waals surface area contributed by atoms with Crippen LogP contribution in [-0.2, 0) is 16.1 Å². The van der Waals surface area contributed by atoms with Crippen LogP contribution in [0.25, 0.3) is 10.4 Å². The van der Waals surface area contributed by atoms with Crippen molar-refractivity contribution in [1.82, 2.24) is 25.4 Å². The average Bonchev–Trinajstić information content (AvgIpc) is 3.73. The minimum absolute atomic E-state index is 0.0445. The lowest BCUT2D eigenvalue weighted by molar-refractivity contribution is -0.145. The molecule has 0 aliphatic carbocycles. The Morgan fingerprint density at radius 1 is 1.11 bits per heavy atom. The number of aromatic nitrogens is 1. The molecule has 3 aromatic rings. The van der Waals surface area contributed by atoms with Gasteiger partial charge in [-0.1, -0.05) is 51.1 Å². The third-order valence-electron chi connectivity index (χ3n) is 9.42. The molecule has 0 radical (unpaired) electrons. The SMILES string of the molecule is Cc1ncsc1-c1ccc([C@H](C)NC(=O)[C@@H]2C[C@@H](O)CN2C(=O)[C@@H](N2Cc3ccc(N4CCNCC4)cc3C2=O)C(C)(C)C)cc1. The maximum Gasteiger partial charge on any atom is 0.255 e. The third-order valence-corrected chi connectivity index (χ3v) is 10.4. The Morgan fingerprint density at radius 2 is 1.83 bits per heavy atom. The summed E-state index contributed by atoms with van der Waals surface area (Å²) in [5.41, 5.74) is 6.74. The fourth-order valence-corrected chi connectivity index (χ4v) is 7.78. The number of thiazole rings is 1. The Balaban J connectivity index is 1.18. The maximum atomic E-state index is 14.4. The third kappa shape index (κ3) is 6.28. The van der Waals surface area contributed by atoms with Gasteiger partial charge in [0.05, 0.1) is 28.2 Å². The van der Waals surface area contributed by atoms with Gasteiger partial charge >= 0.3 is 0 Å². The van der Waals surface area contributed by atoms with Crippen molar-refractivity contribution in [2.24, 2.45) is 5.41 Å². The number of anilines is 1. The molecule has 3 aliphatic rings. The summed E-state index contributed by atoms with van der Waals surface area (Å²) in [5, 5.41) is 17.1. The van der Waals surface area contributed by atoms with Gasteiger partial charge in [0.2, 0.25) is 11.8 Å². The number of rotatable bonds is 7. The molecule has 6 rings (SSSR count). The van der Waals surface area contributed by atoms with E-state index in [1.165, 1.54) is 4.90 Å². The van der Waals surface area contributed by atoms with Gasteiger partial charge in [-0.3, -0.25) is 14.4 Å². The minimum Gasteiger partial charge on any atom is -0.391 e. The molecule has 0 spiro atoms. The second-order valence-corrected chi connectivity index (χ2v) is 14.6.